The number of carbonyl (C=O) groups is 1. The summed E-state index contributed by atoms with van der Waals surface area (Å²) < 4.78 is 10.5. The number of aromatic nitrogens is 4. The zero-order valence-corrected chi connectivity index (χ0v) is 17.4. The van der Waals surface area contributed by atoms with Crippen LogP contribution in [0, 0.1) is 0 Å². The monoisotopic (exact) mass is 421 g/mol. The van der Waals surface area contributed by atoms with Crippen LogP contribution in [-0.2, 0) is 10.2 Å². The molecular formula is C18H20ClN5O3S. The van der Waals surface area contributed by atoms with Crippen LogP contribution in [0.25, 0.3) is 11.4 Å². The Hall–Kier alpha value is -2.52. The van der Waals surface area contributed by atoms with E-state index < -0.39 is 0 Å². The SMILES string of the molecule is COc1ccc(Cl)cc1-c1nc(SCC(=O)Nc2cc(C(C)(C)C)no2)n[nH]1. The maximum absolute atomic E-state index is 12.1. The number of aromatic amines is 1. The van der Waals surface area contributed by atoms with Gasteiger partial charge in [-0.05, 0) is 18.2 Å². The van der Waals surface area contributed by atoms with Gasteiger partial charge in [0.15, 0.2) is 5.82 Å². The minimum Gasteiger partial charge on any atom is -0.496 e. The molecule has 3 rings (SSSR count). The third kappa shape index (κ3) is 4.85. The second-order valence-electron chi connectivity index (χ2n) is 6.97. The van der Waals surface area contributed by atoms with Crippen LogP contribution in [0.15, 0.2) is 33.9 Å². The highest BCUT2D eigenvalue weighted by Crippen LogP contribution is 2.31. The van der Waals surface area contributed by atoms with Gasteiger partial charge in [-0.25, -0.2) is 4.98 Å². The van der Waals surface area contributed by atoms with Gasteiger partial charge in [0, 0.05) is 16.5 Å². The van der Waals surface area contributed by atoms with Gasteiger partial charge in [-0.3, -0.25) is 15.2 Å². The van der Waals surface area contributed by atoms with Crippen molar-refractivity contribution in [2.24, 2.45) is 0 Å². The molecule has 0 unspecified atom stereocenters. The first-order chi connectivity index (χ1) is 13.3. The first-order valence-electron chi connectivity index (χ1n) is 8.42. The molecule has 0 atom stereocenters. The van der Waals surface area contributed by atoms with E-state index in [1.165, 1.54) is 11.8 Å². The van der Waals surface area contributed by atoms with E-state index in [2.05, 4.69) is 25.7 Å². The van der Waals surface area contributed by atoms with E-state index in [9.17, 15) is 4.79 Å². The van der Waals surface area contributed by atoms with Crippen LogP contribution in [0.3, 0.4) is 0 Å². The van der Waals surface area contributed by atoms with Crippen molar-refractivity contribution in [2.45, 2.75) is 31.3 Å². The summed E-state index contributed by atoms with van der Waals surface area (Å²) in [5, 5.41) is 14.6. The van der Waals surface area contributed by atoms with Crippen LogP contribution in [0.2, 0.25) is 5.02 Å². The number of halogens is 1. The number of methoxy groups -OCH3 is 1. The smallest absolute Gasteiger partial charge is 0.237 e. The molecule has 10 heteroatoms. The molecule has 28 heavy (non-hydrogen) atoms. The molecule has 3 aromatic rings. The lowest BCUT2D eigenvalue weighted by Crippen LogP contribution is -2.14. The van der Waals surface area contributed by atoms with E-state index in [4.69, 9.17) is 20.9 Å². The second-order valence-corrected chi connectivity index (χ2v) is 8.35. The Morgan fingerprint density at radius 3 is 2.82 bits per heavy atom. The summed E-state index contributed by atoms with van der Waals surface area (Å²) in [6.45, 7) is 6.05. The van der Waals surface area contributed by atoms with Crippen molar-refractivity contribution in [3.63, 3.8) is 0 Å². The quantitative estimate of drug-likeness (QED) is 0.576. The summed E-state index contributed by atoms with van der Waals surface area (Å²) in [5.74, 6) is 1.32. The number of nitrogens with zero attached hydrogens (tertiary/aromatic N) is 3. The van der Waals surface area contributed by atoms with Crippen LogP contribution < -0.4 is 10.1 Å². The third-order valence-corrected chi connectivity index (χ3v) is 4.84. The average molecular weight is 422 g/mol. The molecule has 0 bridgehead atoms. The lowest BCUT2D eigenvalue weighted by atomic mass is 9.92. The van der Waals surface area contributed by atoms with Crippen LogP contribution in [-0.4, -0.2) is 39.1 Å². The summed E-state index contributed by atoms with van der Waals surface area (Å²) in [6.07, 6.45) is 0. The van der Waals surface area contributed by atoms with Gasteiger partial charge in [-0.1, -0.05) is 49.3 Å². The number of anilines is 1. The van der Waals surface area contributed by atoms with Crippen molar-refractivity contribution < 1.29 is 14.1 Å². The number of carbonyl (C=O) groups excluding carboxylic acids is 1. The number of amides is 1. The molecule has 0 saturated carbocycles. The number of hydrogen-bond acceptors (Lipinski definition) is 7. The van der Waals surface area contributed by atoms with Crippen LogP contribution in [0.5, 0.6) is 5.75 Å². The first kappa shape index (κ1) is 20.2. The highest BCUT2D eigenvalue weighted by atomic mass is 35.5. The summed E-state index contributed by atoms with van der Waals surface area (Å²) in [5.41, 5.74) is 1.30. The van der Waals surface area contributed by atoms with Gasteiger partial charge >= 0.3 is 0 Å². The topological polar surface area (TPSA) is 106 Å². The largest absolute Gasteiger partial charge is 0.496 e. The molecule has 0 aliphatic rings. The zero-order chi connectivity index (χ0) is 20.3. The zero-order valence-electron chi connectivity index (χ0n) is 15.9. The van der Waals surface area contributed by atoms with Gasteiger partial charge in [-0.2, -0.15) is 0 Å². The first-order valence-corrected chi connectivity index (χ1v) is 9.79. The number of H-pyrrole nitrogens is 1. The lowest BCUT2D eigenvalue weighted by molar-refractivity contribution is -0.113. The molecule has 0 aliphatic heterocycles. The molecule has 0 spiro atoms. The Balaban J connectivity index is 1.61. The molecule has 2 N–H and O–H groups in total. The highest BCUT2D eigenvalue weighted by molar-refractivity contribution is 7.99. The maximum Gasteiger partial charge on any atom is 0.237 e. The number of nitrogens with one attached hydrogen (secondary N) is 2. The molecule has 1 amide bonds. The Morgan fingerprint density at radius 2 is 2.14 bits per heavy atom. The van der Waals surface area contributed by atoms with Crippen molar-refractivity contribution in [1.82, 2.24) is 20.3 Å². The predicted octanol–water partition coefficient (Wildman–Crippen LogP) is 4.15. The van der Waals surface area contributed by atoms with Crippen LogP contribution in [0.4, 0.5) is 5.88 Å². The van der Waals surface area contributed by atoms with Gasteiger partial charge in [0.25, 0.3) is 0 Å². The van der Waals surface area contributed by atoms with E-state index in [1.54, 1.807) is 31.4 Å². The van der Waals surface area contributed by atoms with Gasteiger partial charge in [0.1, 0.15) is 5.75 Å². The standard InChI is InChI=1S/C18H20ClN5O3S/c1-18(2,3)13-8-15(27-24-13)20-14(25)9-28-17-21-16(22-23-17)11-7-10(19)5-6-12(11)26-4/h5-8H,9H2,1-4H3,(H,20,25)(H,21,22,23). The van der Waals surface area contributed by atoms with E-state index in [0.29, 0.717) is 33.2 Å². The van der Waals surface area contributed by atoms with E-state index >= 15 is 0 Å². The number of ether oxygens (including phenoxy) is 1. The summed E-state index contributed by atoms with van der Waals surface area (Å²) in [6, 6.07) is 6.94. The maximum atomic E-state index is 12.1. The number of thioether (sulfide) groups is 1. The third-order valence-electron chi connectivity index (χ3n) is 3.76. The Bertz CT molecular complexity index is 980. The summed E-state index contributed by atoms with van der Waals surface area (Å²) in [7, 11) is 1.57. The average Bonchev–Trinajstić information content (AvgIpc) is 3.29. The fraction of sp³-hybridized carbons (Fsp3) is 0.333. The number of benzene rings is 1. The van der Waals surface area contributed by atoms with E-state index in [0.717, 1.165) is 5.69 Å². The molecule has 1 aromatic carbocycles. The van der Waals surface area contributed by atoms with Gasteiger partial charge < -0.3 is 9.26 Å². The highest BCUT2D eigenvalue weighted by Gasteiger charge is 2.20. The van der Waals surface area contributed by atoms with Crippen molar-refractivity contribution >= 4 is 35.2 Å². The Labute approximate surface area is 171 Å². The molecule has 2 heterocycles. The van der Waals surface area contributed by atoms with Crippen molar-refractivity contribution in [1.29, 1.82) is 0 Å². The van der Waals surface area contributed by atoms with Crippen molar-refractivity contribution in [2.75, 3.05) is 18.2 Å². The molecule has 0 radical (unpaired) electrons. The minimum absolute atomic E-state index is 0.121. The molecule has 0 fully saturated rings. The molecule has 2 aromatic heterocycles. The van der Waals surface area contributed by atoms with Crippen molar-refractivity contribution in [3.8, 4) is 17.1 Å². The second kappa shape index (κ2) is 8.24. The van der Waals surface area contributed by atoms with Gasteiger partial charge in [0.05, 0.1) is 24.1 Å². The predicted molar refractivity (Wildman–Crippen MR) is 108 cm³/mol. The minimum atomic E-state index is -0.242. The van der Waals surface area contributed by atoms with E-state index in [1.807, 2.05) is 20.8 Å². The summed E-state index contributed by atoms with van der Waals surface area (Å²) in [4.78, 5) is 16.5. The van der Waals surface area contributed by atoms with Crippen LogP contribution >= 0.6 is 23.4 Å². The van der Waals surface area contributed by atoms with Crippen molar-refractivity contribution in [3.05, 3.63) is 35.0 Å². The van der Waals surface area contributed by atoms with Crippen LogP contribution in [0.1, 0.15) is 26.5 Å². The van der Waals surface area contributed by atoms with E-state index in [-0.39, 0.29) is 17.1 Å². The summed E-state index contributed by atoms with van der Waals surface area (Å²) >= 11 is 7.24. The fourth-order valence-corrected chi connectivity index (χ4v) is 3.06. The van der Waals surface area contributed by atoms with Gasteiger partial charge in [0.2, 0.25) is 16.9 Å². The normalized spacial score (nSPS) is 11.5. The molecule has 148 valence electrons. The molecule has 8 nitrogen and oxygen atoms in total. The molecule has 0 aliphatic carbocycles. The lowest BCUT2D eigenvalue weighted by Gasteiger charge is -2.12. The fourth-order valence-electron chi connectivity index (χ4n) is 2.29. The molecular weight excluding hydrogens is 402 g/mol. The number of hydrogen-bond donors (Lipinski definition) is 2. The molecule has 0 saturated heterocycles. The number of rotatable bonds is 6. The van der Waals surface area contributed by atoms with Gasteiger partial charge in [-0.15, -0.1) is 5.10 Å². The Kier molecular flexibility index (Phi) is 5.95. The Morgan fingerprint density at radius 1 is 1.36 bits per heavy atom.